The minimum absolute atomic E-state index is 0.252. The summed E-state index contributed by atoms with van der Waals surface area (Å²) in [5.74, 6) is -1.25. The average molecular weight is 260 g/mol. The molecule has 5 heteroatoms. The Kier molecular flexibility index (Phi) is 3.85. The monoisotopic (exact) mass is 260 g/mol. The van der Waals surface area contributed by atoms with Gasteiger partial charge in [0.05, 0.1) is 11.1 Å². The number of aromatic nitrogens is 1. The zero-order chi connectivity index (χ0) is 13.8. The lowest BCUT2D eigenvalue weighted by Gasteiger charge is -2.20. The molecule has 0 saturated heterocycles. The van der Waals surface area contributed by atoms with Crippen LogP contribution in [0, 0.1) is 0 Å². The van der Waals surface area contributed by atoms with Gasteiger partial charge in [0.2, 0.25) is 0 Å². The maximum Gasteiger partial charge on any atom is 0.323 e. The molecule has 0 fully saturated rings. The van der Waals surface area contributed by atoms with E-state index in [-0.39, 0.29) is 12.5 Å². The van der Waals surface area contributed by atoms with Crippen molar-refractivity contribution >= 4 is 22.8 Å². The maximum atomic E-state index is 12.4. The molecule has 2 rings (SSSR count). The predicted octanol–water partition coefficient (Wildman–Crippen LogP) is 2.10. The van der Waals surface area contributed by atoms with E-state index in [1.807, 2.05) is 19.1 Å². The molecule has 0 saturated carbocycles. The van der Waals surface area contributed by atoms with E-state index in [4.69, 9.17) is 5.11 Å². The highest BCUT2D eigenvalue weighted by Crippen LogP contribution is 2.18. The van der Waals surface area contributed by atoms with E-state index >= 15 is 0 Å². The zero-order valence-electron chi connectivity index (χ0n) is 10.7. The molecule has 5 nitrogen and oxygen atoms in total. The smallest absolute Gasteiger partial charge is 0.323 e. The Hall–Kier alpha value is -2.30. The average Bonchev–Trinajstić information content (AvgIpc) is 2.85. The molecule has 1 heterocycles. The van der Waals surface area contributed by atoms with E-state index in [9.17, 15) is 9.59 Å². The normalized spacial score (nSPS) is 10.6. The van der Waals surface area contributed by atoms with Crippen LogP contribution in [-0.4, -0.2) is 40.0 Å². The molecule has 19 heavy (non-hydrogen) atoms. The van der Waals surface area contributed by atoms with Crippen molar-refractivity contribution in [3.8, 4) is 0 Å². The molecular formula is C14H16N2O3. The highest BCUT2D eigenvalue weighted by molar-refractivity contribution is 6.06. The van der Waals surface area contributed by atoms with Gasteiger partial charge in [-0.15, -0.1) is 0 Å². The Morgan fingerprint density at radius 3 is 2.79 bits per heavy atom. The largest absolute Gasteiger partial charge is 0.480 e. The first-order chi connectivity index (χ1) is 9.13. The van der Waals surface area contributed by atoms with Gasteiger partial charge in [0.1, 0.15) is 6.54 Å². The number of carboxylic acids is 1. The second-order valence-electron chi connectivity index (χ2n) is 4.37. The molecule has 0 aliphatic heterocycles. The quantitative estimate of drug-likeness (QED) is 0.864. The topological polar surface area (TPSA) is 73.4 Å². The summed E-state index contributed by atoms with van der Waals surface area (Å²) in [5, 5.41) is 9.82. The zero-order valence-corrected chi connectivity index (χ0v) is 10.7. The van der Waals surface area contributed by atoms with Crippen LogP contribution in [0.4, 0.5) is 0 Å². The number of carbonyl (C=O) groups is 2. The molecule has 100 valence electrons. The number of aromatic amines is 1. The molecule has 0 aliphatic carbocycles. The summed E-state index contributed by atoms with van der Waals surface area (Å²) in [6, 6.07) is 7.30. The molecule has 1 amide bonds. The lowest BCUT2D eigenvalue weighted by Crippen LogP contribution is -2.36. The molecule has 2 aromatic rings. The van der Waals surface area contributed by atoms with Gasteiger partial charge in [-0.25, -0.2) is 0 Å². The summed E-state index contributed by atoms with van der Waals surface area (Å²) in [4.78, 5) is 27.6. The number of carbonyl (C=O) groups excluding carboxylic acids is 1. The fourth-order valence-electron chi connectivity index (χ4n) is 2.12. The third kappa shape index (κ3) is 2.76. The van der Waals surface area contributed by atoms with Gasteiger partial charge in [0, 0.05) is 18.1 Å². The van der Waals surface area contributed by atoms with E-state index in [2.05, 4.69) is 4.98 Å². The molecule has 0 aliphatic rings. The van der Waals surface area contributed by atoms with Crippen LogP contribution in [0.3, 0.4) is 0 Å². The number of benzene rings is 1. The number of nitrogens with one attached hydrogen (secondary N) is 1. The Balaban J connectivity index is 2.35. The number of amides is 1. The molecule has 1 aromatic carbocycles. The Morgan fingerprint density at radius 2 is 2.11 bits per heavy atom. The summed E-state index contributed by atoms with van der Waals surface area (Å²) < 4.78 is 0. The fraction of sp³-hybridized carbons (Fsp3) is 0.286. The van der Waals surface area contributed by atoms with Crippen molar-refractivity contribution in [3.05, 3.63) is 36.0 Å². The van der Waals surface area contributed by atoms with Crippen LogP contribution < -0.4 is 0 Å². The molecule has 0 spiro atoms. The lowest BCUT2D eigenvalue weighted by molar-refractivity contribution is -0.137. The van der Waals surface area contributed by atoms with E-state index in [0.29, 0.717) is 12.1 Å². The Morgan fingerprint density at radius 1 is 1.32 bits per heavy atom. The second kappa shape index (κ2) is 5.56. The third-order valence-corrected chi connectivity index (χ3v) is 2.92. The first-order valence-corrected chi connectivity index (χ1v) is 6.20. The maximum absolute atomic E-state index is 12.4. The first kappa shape index (κ1) is 13.1. The van der Waals surface area contributed by atoms with Crippen molar-refractivity contribution in [1.82, 2.24) is 9.88 Å². The van der Waals surface area contributed by atoms with Gasteiger partial charge in [-0.05, 0) is 18.6 Å². The summed E-state index contributed by atoms with van der Waals surface area (Å²) >= 11 is 0. The standard InChI is InChI=1S/C14H16N2O3/c1-2-8-16(9-12(17)18)14(19)11-5-3-4-10-6-7-15-13(10)11/h3-7,15H,2,8-9H2,1H3,(H,17,18). The Bertz CT molecular complexity index is 604. The van der Waals surface area contributed by atoms with Gasteiger partial charge < -0.3 is 15.0 Å². The van der Waals surface area contributed by atoms with Crippen LogP contribution in [0.5, 0.6) is 0 Å². The summed E-state index contributed by atoms with van der Waals surface area (Å²) in [6.45, 7) is 2.07. The molecular weight excluding hydrogens is 244 g/mol. The van der Waals surface area contributed by atoms with E-state index < -0.39 is 5.97 Å². The van der Waals surface area contributed by atoms with E-state index in [0.717, 1.165) is 17.3 Å². The minimum atomic E-state index is -1.000. The van der Waals surface area contributed by atoms with Crippen LogP contribution in [0.2, 0.25) is 0 Å². The van der Waals surface area contributed by atoms with Crippen molar-refractivity contribution in [2.75, 3.05) is 13.1 Å². The molecule has 0 unspecified atom stereocenters. The van der Waals surface area contributed by atoms with Gasteiger partial charge in [0.15, 0.2) is 0 Å². The number of hydrogen-bond donors (Lipinski definition) is 2. The van der Waals surface area contributed by atoms with E-state index in [1.165, 1.54) is 4.90 Å². The molecule has 1 aromatic heterocycles. The summed E-state index contributed by atoms with van der Waals surface area (Å²) in [5.41, 5.74) is 1.26. The van der Waals surface area contributed by atoms with Crippen molar-refractivity contribution in [3.63, 3.8) is 0 Å². The number of nitrogens with zero attached hydrogens (tertiary/aromatic N) is 1. The highest BCUT2D eigenvalue weighted by Gasteiger charge is 2.19. The van der Waals surface area contributed by atoms with Crippen molar-refractivity contribution in [2.45, 2.75) is 13.3 Å². The predicted molar refractivity (Wildman–Crippen MR) is 72.1 cm³/mol. The van der Waals surface area contributed by atoms with Gasteiger partial charge in [-0.1, -0.05) is 19.1 Å². The number of H-pyrrole nitrogens is 1. The van der Waals surface area contributed by atoms with Gasteiger partial charge in [-0.2, -0.15) is 0 Å². The van der Waals surface area contributed by atoms with Crippen LogP contribution in [0.15, 0.2) is 30.5 Å². The van der Waals surface area contributed by atoms with Gasteiger partial charge in [-0.3, -0.25) is 9.59 Å². The van der Waals surface area contributed by atoms with Gasteiger partial charge >= 0.3 is 5.97 Å². The number of aliphatic carboxylic acids is 1. The summed E-state index contributed by atoms with van der Waals surface area (Å²) in [7, 11) is 0. The summed E-state index contributed by atoms with van der Waals surface area (Å²) in [6.07, 6.45) is 2.49. The van der Waals surface area contributed by atoms with E-state index in [1.54, 1.807) is 18.3 Å². The second-order valence-corrected chi connectivity index (χ2v) is 4.37. The van der Waals surface area contributed by atoms with Crippen molar-refractivity contribution < 1.29 is 14.7 Å². The molecule has 0 radical (unpaired) electrons. The van der Waals surface area contributed by atoms with Crippen LogP contribution in [0.1, 0.15) is 23.7 Å². The van der Waals surface area contributed by atoms with Crippen LogP contribution >= 0.6 is 0 Å². The number of hydrogen-bond acceptors (Lipinski definition) is 2. The third-order valence-electron chi connectivity index (χ3n) is 2.92. The lowest BCUT2D eigenvalue weighted by atomic mass is 10.1. The van der Waals surface area contributed by atoms with Crippen LogP contribution in [0.25, 0.3) is 10.9 Å². The van der Waals surface area contributed by atoms with Crippen molar-refractivity contribution in [2.24, 2.45) is 0 Å². The molecule has 0 bridgehead atoms. The van der Waals surface area contributed by atoms with Crippen LogP contribution in [-0.2, 0) is 4.79 Å². The van der Waals surface area contributed by atoms with Crippen molar-refractivity contribution in [1.29, 1.82) is 0 Å². The molecule has 0 atom stereocenters. The fourth-order valence-corrected chi connectivity index (χ4v) is 2.12. The number of carboxylic acid groups (broad SMARTS) is 1. The first-order valence-electron chi connectivity index (χ1n) is 6.20. The molecule has 2 N–H and O–H groups in total. The SMILES string of the molecule is CCCN(CC(=O)O)C(=O)c1cccc2cc[nH]c12. The number of fused-ring (bicyclic) bond motifs is 1. The number of rotatable bonds is 5. The number of para-hydroxylation sites is 1. The Labute approximate surface area is 110 Å². The highest BCUT2D eigenvalue weighted by atomic mass is 16.4. The van der Waals surface area contributed by atoms with Gasteiger partial charge in [0.25, 0.3) is 5.91 Å². The minimum Gasteiger partial charge on any atom is -0.480 e.